The van der Waals surface area contributed by atoms with Crippen molar-refractivity contribution < 1.29 is 19.1 Å². The van der Waals surface area contributed by atoms with Gasteiger partial charge in [0, 0.05) is 40.2 Å². The average molecular weight is 566 g/mol. The van der Waals surface area contributed by atoms with Crippen LogP contribution in [0.2, 0.25) is 25.7 Å². The molecular weight excluding hydrogens is 526 g/mol. The number of fused-ring (bicyclic) bond motifs is 1. The number of carbonyl (C=O) groups is 3. The topological polar surface area (TPSA) is 136 Å². The number of hydrogen-bond donors (Lipinski definition) is 2. The molecule has 3 heterocycles. The molecule has 12 heteroatoms. The van der Waals surface area contributed by atoms with E-state index in [2.05, 4.69) is 35.0 Å². The number of piperazine rings is 1. The van der Waals surface area contributed by atoms with E-state index < -0.39 is 25.9 Å². The minimum Gasteiger partial charge on any atom is -0.383 e. The number of benzene rings is 1. The first-order chi connectivity index (χ1) is 19.0. The molecule has 4 rings (SSSR count). The lowest BCUT2D eigenvalue weighted by atomic mass is 10.0. The van der Waals surface area contributed by atoms with E-state index in [0.29, 0.717) is 36.3 Å². The fourth-order valence-corrected chi connectivity index (χ4v) is 5.46. The predicted octanol–water partition coefficient (Wildman–Crippen LogP) is 3.33. The fraction of sp³-hybridized carbons (Fsp3) is 0.464. The lowest BCUT2D eigenvalue weighted by molar-refractivity contribution is -0.150. The van der Waals surface area contributed by atoms with Gasteiger partial charge in [0.05, 0.1) is 35.0 Å². The van der Waals surface area contributed by atoms with Crippen molar-refractivity contribution in [3.8, 4) is 0 Å². The molecule has 0 saturated carbocycles. The Morgan fingerprint density at radius 1 is 1.12 bits per heavy atom. The Hall–Kier alpha value is -3.77. The Morgan fingerprint density at radius 2 is 1.85 bits per heavy atom. The van der Waals surface area contributed by atoms with Crippen molar-refractivity contribution in [1.29, 1.82) is 0 Å². The second-order valence-electron chi connectivity index (χ2n) is 11.6. The molecule has 0 aliphatic carbocycles. The molecule has 1 aliphatic heterocycles. The normalized spacial score (nSPS) is 16.0. The third-order valence-corrected chi connectivity index (χ3v) is 8.69. The molecule has 1 aromatic carbocycles. The van der Waals surface area contributed by atoms with E-state index in [9.17, 15) is 14.4 Å². The summed E-state index contributed by atoms with van der Waals surface area (Å²) in [5, 5.41) is 7.68. The zero-order chi connectivity index (χ0) is 29.0. The molecule has 40 heavy (non-hydrogen) atoms. The minimum absolute atomic E-state index is 0.0214. The van der Waals surface area contributed by atoms with Gasteiger partial charge >= 0.3 is 11.8 Å². The lowest BCUT2D eigenvalue weighted by Crippen LogP contribution is -2.55. The molecule has 0 bridgehead atoms. The maximum atomic E-state index is 13.5. The smallest absolute Gasteiger partial charge is 0.314 e. The van der Waals surface area contributed by atoms with Crippen LogP contribution in [0.4, 0.5) is 11.5 Å². The van der Waals surface area contributed by atoms with E-state index >= 15 is 0 Å². The standard InChI is InChI=1S/C28H39N7O4Si/c1-19(2)27(37)33-11-12-34(23(17-33)20-9-7-6-8-10-20)28(38)26(36)32-22-16-30-25(29)21-15-31-35(24(21)22)18-39-13-14-40(3,4)5/h6-10,15-16,19,23H,11-14,17-18H2,1-5H3,(H2,29,30)(H,32,36)/t23-/m1/s1. The third-order valence-electron chi connectivity index (χ3n) is 6.99. The zero-order valence-corrected chi connectivity index (χ0v) is 24.9. The summed E-state index contributed by atoms with van der Waals surface area (Å²) in [5.74, 6) is -1.36. The third kappa shape index (κ3) is 6.68. The molecule has 214 valence electrons. The van der Waals surface area contributed by atoms with Crippen LogP contribution in [0.25, 0.3) is 10.9 Å². The number of hydrogen-bond acceptors (Lipinski definition) is 7. The van der Waals surface area contributed by atoms with Crippen LogP contribution < -0.4 is 11.1 Å². The second kappa shape index (κ2) is 12.2. The number of ether oxygens (including phenoxy) is 1. The molecule has 2 aromatic heterocycles. The van der Waals surface area contributed by atoms with Gasteiger partial charge in [-0.2, -0.15) is 5.10 Å². The molecule has 1 fully saturated rings. The molecule has 0 radical (unpaired) electrons. The summed E-state index contributed by atoms with van der Waals surface area (Å²) in [6, 6.07) is 10.0. The van der Waals surface area contributed by atoms with E-state index in [4.69, 9.17) is 10.5 Å². The number of nitrogen functional groups attached to an aromatic ring is 1. The van der Waals surface area contributed by atoms with Gasteiger partial charge in [0.25, 0.3) is 0 Å². The first kappa shape index (κ1) is 29.2. The Morgan fingerprint density at radius 3 is 2.52 bits per heavy atom. The van der Waals surface area contributed by atoms with Gasteiger partial charge in [-0.05, 0) is 11.6 Å². The Bertz CT molecular complexity index is 1370. The summed E-state index contributed by atoms with van der Waals surface area (Å²) >= 11 is 0. The Labute approximate surface area is 235 Å². The van der Waals surface area contributed by atoms with Crippen LogP contribution in [-0.2, 0) is 25.9 Å². The highest BCUT2D eigenvalue weighted by Gasteiger charge is 2.36. The van der Waals surface area contributed by atoms with Gasteiger partial charge < -0.3 is 25.6 Å². The predicted molar refractivity (Wildman–Crippen MR) is 157 cm³/mol. The number of rotatable bonds is 8. The Kier molecular flexibility index (Phi) is 8.89. The number of nitrogens with one attached hydrogen (secondary N) is 1. The Balaban J connectivity index is 1.54. The summed E-state index contributed by atoms with van der Waals surface area (Å²) in [6.45, 7) is 12.2. The van der Waals surface area contributed by atoms with Crippen LogP contribution >= 0.6 is 0 Å². The maximum Gasteiger partial charge on any atom is 0.314 e. The second-order valence-corrected chi connectivity index (χ2v) is 17.3. The van der Waals surface area contributed by atoms with E-state index in [0.717, 1.165) is 11.6 Å². The minimum atomic E-state index is -1.26. The lowest BCUT2D eigenvalue weighted by Gasteiger charge is -2.42. The van der Waals surface area contributed by atoms with Crippen molar-refractivity contribution in [2.75, 3.05) is 37.3 Å². The SMILES string of the molecule is CC(C)C(=O)N1CCN(C(=O)C(=O)Nc2cnc(N)c3cnn(COCC[Si](C)(C)C)c23)[C@@H](c2ccccc2)C1. The van der Waals surface area contributed by atoms with Gasteiger partial charge in [0.1, 0.15) is 12.5 Å². The summed E-state index contributed by atoms with van der Waals surface area (Å²) in [7, 11) is -1.26. The summed E-state index contributed by atoms with van der Waals surface area (Å²) in [4.78, 5) is 47.1. The summed E-state index contributed by atoms with van der Waals surface area (Å²) in [5.41, 5.74) is 7.79. The molecule has 1 saturated heterocycles. The zero-order valence-electron chi connectivity index (χ0n) is 23.9. The number of nitrogens with two attached hydrogens (primary N) is 1. The average Bonchev–Trinajstić information content (AvgIpc) is 3.36. The first-order valence-electron chi connectivity index (χ1n) is 13.6. The van der Waals surface area contributed by atoms with E-state index in [-0.39, 0.29) is 30.9 Å². The van der Waals surface area contributed by atoms with Crippen LogP contribution in [0.5, 0.6) is 0 Å². The van der Waals surface area contributed by atoms with Crippen molar-refractivity contribution in [3.05, 3.63) is 48.3 Å². The van der Waals surface area contributed by atoms with Crippen LogP contribution in [0.1, 0.15) is 25.5 Å². The van der Waals surface area contributed by atoms with Crippen molar-refractivity contribution in [2.24, 2.45) is 5.92 Å². The quantitative estimate of drug-likeness (QED) is 0.243. The van der Waals surface area contributed by atoms with Gasteiger partial charge in [-0.15, -0.1) is 0 Å². The van der Waals surface area contributed by atoms with E-state index in [1.807, 2.05) is 44.2 Å². The maximum absolute atomic E-state index is 13.5. The summed E-state index contributed by atoms with van der Waals surface area (Å²) < 4.78 is 7.48. The molecule has 0 spiro atoms. The fourth-order valence-electron chi connectivity index (χ4n) is 4.70. The van der Waals surface area contributed by atoms with Crippen LogP contribution in [0.3, 0.4) is 0 Å². The van der Waals surface area contributed by atoms with Crippen molar-refractivity contribution in [3.63, 3.8) is 0 Å². The van der Waals surface area contributed by atoms with Gasteiger partial charge in [0.2, 0.25) is 5.91 Å². The monoisotopic (exact) mass is 565 g/mol. The van der Waals surface area contributed by atoms with E-state index in [1.54, 1.807) is 15.8 Å². The van der Waals surface area contributed by atoms with E-state index in [1.165, 1.54) is 11.1 Å². The summed E-state index contributed by atoms with van der Waals surface area (Å²) in [6.07, 6.45) is 3.00. The molecule has 1 atom stereocenters. The molecule has 3 amide bonds. The van der Waals surface area contributed by atoms with Gasteiger partial charge in [0.15, 0.2) is 0 Å². The van der Waals surface area contributed by atoms with Gasteiger partial charge in [-0.3, -0.25) is 14.4 Å². The van der Waals surface area contributed by atoms with Crippen molar-refractivity contribution in [1.82, 2.24) is 24.6 Å². The van der Waals surface area contributed by atoms with Crippen molar-refractivity contribution in [2.45, 2.75) is 52.3 Å². The van der Waals surface area contributed by atoms with Gasteiger partial charge in [-0.1, -0.05) is 63.8 Å². The number of amides is 3. The largest absolute Gasteiger partial charge is 0.383 e. The van der Waals surface area contributed by atoms with Crippen molar-refractivity contribution >= 4 is 48.2 Å². The highest BCUT2D eigenvalue weighted by atomic mass is 28.3. The number of anilines is 2. The number of aromatic nitrogens is 3. The molecule has 1 aliphatic rings. The molecular formula is C28H39N7O4Si. The molecule has 11 nitrogen and oxygen atoms in total. The highest BCUT2D eigenvalue weighted by Crippen LogP contribution is 2.29. The number of carbonyl (C=O) groups excluding carboxylic acids is 3. The molecule has 3 aromatic rings. The molecule has 0 unspecified atom stereocenters. The van der Waals surface area contributed by atoms with Crippen LogP contribution in [0, 0.1) is 5.92 Å². The number of nitrogens with zero attached hydrogens (tertiary/aromatic N) is 5. The number of pyridine rings is 1. The van der Waals surface area contributed by atoms with Gasteiger partial charge in [-0.25, -0.2) is 9.67 Å². The molecule has 3 N–H and O–H groups in total. The highest BCUT2D eigenvalue weighted by molar-refractivity contribution is 6.76. The van der Waals surface area contributed by atoms with Crippen LogP contribution in [0.15, 0.2) is 42.7 Å². The van der Waals surface area contributed by atoms with Crippen LogP contribution in [-0.4, -0.2) is 76.6 Å². The first-order valence-corrected chi connectivity index (χ1v) is 17.3.